The van der Waals surface area contributed by atoms with Crippen LogP contribution in [0.3, 0.4) is 0 Å². The fourth-order valence-electron chi connectivity index (χ4n) is 1.11. The fraction of sp³-hybridized carbons (Fsp3) is 0.714. The van der Waals surface area contributed by atoms with Crippen molar-refractivity contribution in [2.24, 2.45) is 5.84 Å². The molecule has 0 aliphatic rings. The number of aromatic nitrogens is 3. The monoisotopic (exact) mass is 185 g/mol. The van der Waals surface area contributed by atoms with Gasteiger partial charge in [-0.1, -0.05) is 0 Å². The highest BCUT2D eigenvalue weighted by Crippen LogP contribution is 2.11. The van der Waals surface area contributed by atoms with E-state index in [-0.39, 0.29) is 6.04 Å². The van der Waals surface area contributed by atoms with Crippen LogP contribution in [0.5, 0.6) is 0 Å². The van der Waals surface area contributed by atoms with Crippen LogP contribution in [-0.2, 0) is 4.74 Å². The predicted octanol–water partition coefficient (Wildman–Crippen LogP) is -0.264. The van der Waals surface area contributed by atoms with Crippen LogP contribution in [0.15, 0.2) is 6.33 Å². The molecule has 1 atom stereocenters. The van der Waals surface area contributed by atoms with Crippen molar-refractivity contribution in [2.75, 3.05) is 13.7 Å². The first-order valence-corrected chi connectivity index (χ1v) is 4.18. The summed E-state index contributed by atoms with van der Waals surface area (Å²) in [4.78, 5) is 4.02. The Morgan fingerprint density at radius 3 is 3.15 bits per heavy atom. The van der Waals surface area contributed by atoms with E-state index in [4.69, 9.17) is 10.6 Å². The summed E-state index contributed by atoms with van der Waals surface area (Å²) in [7, 11) is 1.68. The van der Waals surface area contributed by atoms with E-state index < -0.39 is 0 Å². The molecule has 0 amide bonds. The molecule has 0 aliphatic carbocycles. The molecule has 6 nitrogen and oxygen atoms in total. The number of nitrogens with two attached hydrogens (primary N) is 1. The second-order valence-electron chi connectivity index (χ2n) is 2.72. The number of hydrazine groups is 1. The Morgan fingerprint density at radius 2 is 2.62 bits per heavy atom. The minimum Gasteiger partial charge on any atom is -0.385 e. The number of hydrogen-bond donors (Lipinski definition) is 3. The van der Waals surface area contributed by atoms with Crippen LogP contribution >= 0.6 is 0 Å². The lowest BCUT2D eigenvalue weighted by atomic mass is 10.1. The van der Waals surface area contributed by atoms with Gasteiger partial charge in [-0.05, 0) is 12.8 Å². The Hall–Kier alpha value is -0.980. The molecule has 74 valence electrons. The standard InChI is InChI=1S/C7H15N5O/c1-13-4-2-3-6(11-8)7-9-5-10-12-7/h5-6,11H,2-4,8H2,1H3,(H,9,10,12). The zero-order chi connectivity index (χ0) is 9.52. The lowest BCUT2D eigenvalue weighted by Crippen LogP contribution is -2.29. The maximum atomic E-state index is 5.37. The predicted molar refractivity (Wildman–Crippen MR) is 47.6 cm³/mol. The highest BCUT2D eigenvalue weighted by Gasteiger charge is 2.11. The number of nitrogens with one attached hydrogen (secondary N) is 2. The number of hydrogen-bond acceptors (Lipinski definition) is 5. The molecule has 0 saturated heterocycles. The van der Waals surface area contributed by atoms with Crippen LogP contribution in [-0.4, -0.2) is 28.9 Å². The normalized spacial score (nSPS) is 13.1. The Labute approximate surface area is 76.8 Å². The van der Waals surface area contributed by atoms with Gasteiger partial charge in [0.25, 0.3) is 0 Å². The zero-order valence-corrected chi connectivity index (χ0v) is 7.66. The van der Waals surface area contributed by atoms with E-state index in [1.807, 2.05) is 0 Å². The molecule has 1 aromatic rings. The Morgan fingerprint density at radius 1 is 1.77 bits per heavy atom. The third-order valence-corrected chi connectivity index (χ3v) is 1.81. The Bertz CT molecular complexity index is 213. The summed E-state index contributed by atoms with van der Waals surface area (Å²) in [5, 5.41) is 6.53. The van der Waals surface area contributed by atoms with Crippen LogP contribution in [0.4, 0.5) is 0 Å². The van der Waals surface area contributed by atoms with Gasteiger partial charge in [0.05, 0.1) is 6.04 Å². The maximum Gasteiger partial charge on any atom is 0.142 e. The maximum absolute atomic E-state index is 5.37. The lowest BCUT2D eigenvalue weighted by molar-refractivity contribution is 0.188. The fourth-order valence-corrected chi connectivity index (χ4v) is 1.11. The number of aromatic amines is 1. The molecule has 1 unspecified atom stereocenters. The number of rotatable bonds is 6. The molecule has 13 heavy (non-hydrogen) atoms. The van der Waals surface area contributed by atoms with Gasteiger partial charge in [-0.3, -0.25) is 10.9 Å². The molecular formula is C7H15N5O. The topological polar surface area (TPSA) is 88.8 Å². The average Bonchev–Trinajstić information content (AvgIpc) is 2.65. The quantitative estimate of drug-likeness (QED) is 0.322. The summed E-state index contributed by atoms with van der Waals surface area (Å²) >= 11 is 0. The minimum absolute atomic E-state index is 0.0256. The molecular weight excluding hydrogens is 170 g/mol. The molecule has 1 rings (SSSR count). The summed E-state index contributed by atoms with van der Waals surface area (Å²) in [6, 6.07) is 0.0256. The summed E-state index contributed by atoms with van der Waals surface area (Å²) in [6.45, 7) is 0.728. The highest BCUT2D eigenvalue weighted by molar-refractivity contribution is 4.89. The molecule has 0 fully saturated rings. The summed E-state index contributed by atoms with van der Waals surface area (Å²) in [5.41, 5.74) is 2.67. The molecule has 1 aromatic heterocycles. The second-order valence-corrected chi connectivity index (χ2v) is 2.72. The molecule has 0 saturated carbocycles. The van der Waals surface area contributed by atoms with Crippen molar-refractivity contribution in [1.29, 1.82) is 0 Å². The van der Waals surface area contributed by atoms with E-state index in [9.17, 15) is 0 Å². The summed E-state index contributed by atoms with van der Waals surface area (Å²) < 4.78 is 4.94. The molecule has 4 N–H and O–H groups in total. The molecule has 0 aromatic carbocycles. The van der Waals surface area contributed by atoms with Gasteiger partial charge in [0.2, 0.25) is 0 Å². The molecule has 6 heteroatoms. The van der Waals surface area contributed by atoms with E-state index in [2.05, 4.69) is 20.6 Å². The van der Waals surface area contributed by atoms with Gasteiger partial charge in [0, 0.05) is 13.7 Å². The van der Waals surface area contributed by atoms with Crippen LogP contribution in [0.1, 0.15) is 24.7 Å². The molecule has 0 bridgehead atoms. The van der Waals surface area contributed by atoms with Crippen molar-refractivity contribution in [2.45, 2.75) is 18.9 Å². The van der Waals surface area contributed by atoms with Crippen LogP contribution < -0.4 is 11.3 Å². The smallest absolute Gasteiger partial charge is 0.142 e. The average molecular weight is 185 g/mol. The van der Waals surface area contributed by atoms with Gasteiger partial charge >= 0.3 is 0 Å². The first-order valence-electron chi connectivity index (χ1n) is 4.18. The van der Waals surface area contributed by atoms with E-state index in [0.717, 1.165) is 25.3 Å². The van der Waals surface area contributed by atoms with Gasteiger partial charge in [-0.25, -0.2) is 10.4 Å². The summed E-state index contributed by atoms with van der Waals surface area (Å²) in [6.07, 6.45) is 3.28. The number of nitrogens with zero attached hydrogens (tertiary/aromatic N) is 2. The zero-order valence-electron chi connectivity index (χ0n) is 7.66. The van der Waals surface area contributed by atoms with Crippen LogP contribution in [0, 0.1) is 0 Å². The van der Waals surface area contributed by atoms with E-state index >= 15 is 0 Å². The molecule has 0 aliphatic heterocycles. The van der Waals surface area contributed by atoms with E-state index in [1.54, 1.807) is 7.11 Å². The number of ether oxygens (including phenoxy) is 1. The van der Waals surface area contributed by atoms with E-state index in [1.165, 1.54) is 6.33 Å². The third kappa shape index (κ3) is 3.10. The minimum atomic E-state index is 0.0256. The highest BCUT2D eigenvalue weighted by atomic mass is 16.5. The number of H-pyrrole nitrogens is 1. The van der Waals surface area contributed by atoms with Crippen molar-refractivity contribution in [1.82, 2.24) is 20.6 Å². The van der Waals surface area contributed by atoms with Crippen molar-refractivity contribution in [3.63, 3.8) is 0 Å². The first kappa shape index (κ1) is 10.1. The second kappa shape index (κ2) is 5.63. The van der Waals surface area contributed by atoms with Crippen molar-refractivity contribution < 1.29 is 4.74 Å². The van der Waals surface area contributed by atoms with Gasteiger partial charge in [0.1, 0.15) is 12.2 Å². The number of methoxy groups -OCH3 is 1. The first-order chi connectivity index (χ1) is 6.38. The lowest BCUT2D eigenvalue weighted by Gasteiger charge is -2.11. The van der Waals surface area contributed by atoms with Gasteiger partial charge in [0.15, 0.2) is 0 Å². The molecule has 0 spiro atoms. The van der Waals surface area contributed by atoms with Crippen LogP contribution in [0.25, 0.3) is 0 Å². The van der Waals surface area contributed by atoms with Gasteiger partial charge in [-0.2, -0.15) is 5.10 Å². The molecule has 1 heterocycles. The third-order valence-electron chi connectivity index (χ3n) is 1.81. The molecule has 0 radical (unpaired) electrons. The largest absolute Gasteiger partial charge is 0.385 e. The summed E-state index contributed by atoms with van der Waals surface area (Å²) in [5.74, 6) is 6.13. The van der Waals surface area contributed by atoms with Crippen molar-refractivity contribution in [3.05, 3.63) is 12.2 Å². The van der Waals surface area contributed by atoms with Gasteiger partial charge < -0.3 is 4.74 Å². The SMILES string of the molecule is COCCCC(NN)c1ncn[nH]1. The van der Waals surface area contributed by atoms with Crippen molar-refractivity contribution in [3.8, 4) is 0 Å². The Balaban J connectivity index is 2.35. The van der Waals surface area contributed by atoms with E-state index in [0.29, 0.717) is 0 Å². The van der Waals surface area contributed by atoms with Gasteiger partial charge in [-0.15, -0.1) is 0 Å². The van der Waals surface area contributed by atoms with Crippen molar-refractivity contribution >= 4 is 0 Å². The Kier molecular flexibility index (Phi) is 4.37. The van der Waals surface area contributed by atoms with Crippen LogP contribution in [0.2, 0.25) is 0 Å².